The van der Waals surface area contributed by atoms with Crippen molar-refractivity contribution in [3.8, 4) is 11.5 Å². The van der Waals surface area contributed by atoms with Crippen molar-refractivity contribution in [1.82, 2.24) is 5.32 Å². The second kappa shape index (κ2) is 8.75. The fourth-order valence-corrected chi connectivity index (χ4v) is 2.45. The van der Waals surface area contributed by atoms with E-state index in [4.69, 9.17) is 9.47 Å². The zero-order valence-corrected chi connectivity index (χ0v) is 15.1. The molecule has 2 amide bonds. The molecule has 2 rings (SSSR count). The van der Waals surface area contributed by atoms with E-state index >= 15 is 0 Å². The number of benzene rings is 2. The van der Waals surface area contributed by atoms with Crippen LogP contribution in [-0.4, -0.2) is 37.6 Å². The van der Waals surface area contributed by atoms with E-state index in [1.165, 1.54) is 38.5 Å². The first-order valence-corrected chi connectivity index (χ1v) is 8.05. The summed E-state index contributed by atoms with van der Waals surface area (Å²) in [6.07, 6.45) is 0. The number of hydrogen-bond donors (Lipinski definition) is 1. The number of ketones is 2. The highest BCUT2D eigenvalue weighted by Gasteiger charge is 2.35. The van der Waals surface area contributed by atoms with E-state index in [2.05, 4.69) is 0 Å². The number of rotatable bonds is 7. The zero-order chi connectivity index (χ0) is 20.0. The zero-order valence-electron chi connectivity index (χ0n) is 15.1. The molecule has 0 aliphatic carbocycles. The maximum Gasteiger partial charge on any atom is 0.245 e. The van der Waals surface area contributed by atoms with Gasteiger partial charge < -0.3 is 9.47 Å². The van der Waals surface area contributed by atoms with Crippen LogP contribution in [0.25, 0.3) is 0 Å². The minimum absolute atomic E-state index is 0.154. The van der Waals surface area contributed by atoms with Gasteiger partial charge in [-0.3, -0.25) is 24.5 Å². The maximum absolute atomic E-state index is 12.8. The smallest absolute Gasteiger partial charge is 0.245 e. The number of Topliss-reactive ketones (excluding diaryl/α,β-unsaturated/α-hetero) is 2. The molecule has 0 unspecified atom stereocenters. The van der Waals surface area contributed by atoms with Crippen molar-refractivity contribution in [2.75, 3.05) is 14.2 Å². The quantitative estimate of drug-likeness (QED) is 0.592. The van der Waals surface area contributed by atoms with Crippen LogP contribution in [0.4, 0.5) is 0 Å². The first-order valence-electron chi connectivity index (χ1n) is 8.05. The SMILES string of the molecule is COc1ccc(C(=O)C(C(=O)NC(C)=O)C(=O)c2ccc(OC)cc2)cc1. The van der Waals surface area contributed by atoms with Crippen molar-refractivity contribution >= 4 is 23.4 Å². The normalized spacial score (nSPS) is 10.2. The summed E-state index contributed by atoms with van der Waals surface area (Å²) in [6, 6.07) is 12.0. The lowest BCUT2D eigenvalue weighted by Crippen LogP contribution is -2.42. The third-order valence-corrected chi connectivity index (χ3v) is 3.83. The Morgan fingerprint density at radius 2 is 1.11 bits per heavy atom. The first kappa shape index (κ1) is 19.8. The van der Waals surface area contributed by atoms with Crippen molar-refractivity contribution in [1.29, 1.82) is 0 Å². The Bertz CT molecular complexity index is 796. The molecular weight excluding hydrogens is 350 g/mol. The van der Waals surface area contributed by atoms with Crippen LogP contribution in [0.3, 0.4) is 0 Å². The molecule has 0 bridgehead atoms. The van der Waals surface area contributed by atoms with Crippen molar-refractivity contribution in [2.45, 2.75) is 6.92 Å². The lowest BCUT2D eigenvalue weighted by Gasteiger charge is -2.14. The second-order valence-corrected chi connectivity index (χ2v) is 5.66. The van der Waals surface area contributed by atoms with Crippen LogP contribution in [0.1, 0.15) is 27.6 Å². The largest absolute Gasteiger partial charge is 0.497 e. The molecule has 1 N–H and O–H groups in total. The van der Waals surface area contributed by atoms with Crippen molar-refractivity contribution < 1.29 is 28.7 Å². The summed E-state index contributed by atoms with van der Waals surface area (Å²) >= 11 is 0. The van der Waals surface area contributed by atoms with Crippen molar-refractivity contribution in [3.63, 3.8) is 0 Å². The van der Waals surface area contributed by atoms with E-state index in [9.17, 15) is 19.2 Å². The maximum atomic E-state index is 12.8. The number of amides is 2. The van der Waals surface area contributed by atoms with E-state index in [0.29, 0.717) is 11.5 Å². The minimum Gasteiger partial charge on any atom is -0.497 e. The highest BCUT2D eigenvalue weighted by atomic mass is 16.5. The Balaban J connectivity index is 2.39. The predicted octanol–water partition coefficient (Wildman–Crippen LogP) is 2.05. The van der Waals surface area contributed by atoms with E-state index in [0.717, 1.165) is 6.92 Å². The van der Waals surface area contributed by atoms with Gasteiger partial charge in [0.25, 0.3) is 0 Å². The van der Waals surface area contributed by atoms with Crippen LogP contribution in [0.5, 0.6) is 11.5 Å². The minimum atomic E-state index is -1.68. The van der Waals surface area contributed by atoms with Gasteiger partial charge in [0.2, 0.25) is 11.8 Å². The number of carbonyl (C=O) groups is 4. The first-order chi connectivity index (χ1) is 12.9. The molecule has 0 heterocycles. The standard InChI is InChI=1S/C20H19NO6/c1-12(22)21-20(25)17(18(23)13-4-8-15(26-2)9-5-13)19(24)14-6-10-16(27-3)11-7-14/h4-11,17H,1-3H3,(H,21,22,25). The molecule has 2 aromatic carbocycles. The number of imide groups is 1. The van der Waals surface area contributed by atoms with Gasteiger partial charge in [-0.2, -0.15) is 0 Å². The number of carbonyl (C=O) groups excluding carboxylic acids is 4. The fourth-order valence-electron chi connectivity index (χ4n) is 2.45. The molecule has 0 spiro atoms. The lowest BCUT2D eigenvalue weighted by atomic mass is 9.89. The van der Waals surface area contributed by atoms with Crippen molar-refractivity contribution in [3.05, 3.63) is 59.7 Å². The van der Waals surface area contributed by atoms with Gasteiger partial charge in [0.1, 0.15) is 11.5 Å². The molecule has 0 saturated heterocycles. The van der Waals surface area contributed by atoms with Crippen LogP contribution in [-0.2, 0) is 9.59 Å². The van der Waals surface area contributed by atoms with E-state index in [-0.39, 0.29) is 11.1 Å². The third kappa shape index (κ3) is 4.78. The van der Waals surface area contributed by atoms with Gasteiger partial charge in [0.05, 0.1) is 14.2 Å². The monoisotopic (exact) mass is 369 g/mol. The van der Waals surface area contributed by atoms with Gasteiger partial charge in [-0.25, -0.2) is 0 Å². The Morgan fingerprint density at radius 1 is 0.741 bits per heavy atom. The number of methoxy groups -OCH3 is 2. The summed E-state index contributed by atoms with van der Waals surface area (Å²) in [4.78, 5) is 49.4. The molecule has 0 fully saturated rings. The molecule has 0 aromatic heterocycles. The van der Waals surface area contributed by atoms with E-state index < -0.39 is 29.3 Å². The molecule has 0 saturated carbocycles. The number of nitrogens with one attached hydrogen (secondary N) is 1. The second-order valence-electron chi connectivity index (χ2n) is 5.66. The number of hydrogen-bond acceptors (Lipinski definition) is 6. The van der Waals surface area contributed by atoms with Gasteiger partial charge >= 0.3 is 0 Å². The Kier molecular flexibility index (Phi) is 6.43. The van der Waals surface area contributed by atoms with Gasteiger partial charge in [0.15, 0.2) is 17.5 Å². The summed E-state index contributed by atoms with van der Waals surface area (Å²) in [6.45, 7) is 1.13. The predicted molar refractivity (Wildman–Crippen MR) is 97.0 cm³/mol. The molecule has 2 aromatic rings. The molecule has 140 valence electrons. The summed E-state index contributed by atoms with van der Waals surface area (Å²) in [5.74, 6) is -3.68. The highest BCUT2D eigenvalue weighted by molar-refractivity contribution is 6.28. The van der Waals surface area contributed by atoms with Gasteiger partial charge in [-0.05, 0) is 48.5 Å². The molecule has 0 radical (unpaired) electrons. The van der Waals surface area contributed by atoms with Crippen LogP contribution in [0.2, 0.25) is 0 Å². The topological polar surface area (TPSA) is 98.8 Å². The van der Waals surface area contributed by atoms with Crippen LogP contribution < -0.4 is 14.8 Å². The Labute approximate surface area is 156 Å². The molecule has 7 heteroatoms. The number of ether oxygens (including phenoxy) is 2. The molecular formula is C20H19NO6. The summed E-state index contributed by atoms with van der Waals surface area (Å²) in [5.41, 5.74) is 0.308. The van der Waals surface area contributed by atoms with E-state index in [1.54, 1.807) is 24.3 Å². The highest BCUT2D eigenvalue weighted by Crippen LogP contribution is 2.20. The summed E-state index contributed by atoms with van der Waals surface area (Å²) in [5, 5.41) is 2.02. The Morgan fingerprint density at radius 3 is 1.41 bits per heavy atom. The molecule has 7 nitrogen and oxygen atoms in total. The van der Waals surface area contributed by atoms with Crippen LogP contribution in [0, 0.1) is 5.92 Å². The van der Waals surface area contributed by atoms with Crippen molar-refractivity contribution in [2.24, 2.45) is 5.92 Å². The van der Waals surface area contributed by atoms with Gasteiger partial charge in [-0.15, -0.1) is 0 Å². The molecule has 0 atom stereocenters. The van der Waals surface area contributed by atoms with Gasteiger partial charge in [0, 0.05) is 18.1 Å². The Hall–Kier alpha value is -3.48. The molecule has 0 aliphatic rings. The van der Waals surface area contributed by atoms with Crippen LogP contribution >= 0.6 is 0 Å². The van der Waals surface area contributed by atoms with Gasteiger partial charge in [-0.1, -0.05) is 0 Å². The average Bonchev–Trinajstić information content (AvgIpc) is 2.67. The fraction of sp³-hybridized carbons (Fsp3) is 0.200. The molecule has 0 aliphatic heterocycles. The summed E-state index contributed by atoms with van der Waals surface area (Å²) in [7, 11) is 2.96. The lowest BCUT2D eigenvalue weighted by molar-refractivity contribution is -0.129. The third-order valence-electron chi connectivity index (χ3n) is 3.83. The molecule has 27 heavy (non-hydrogen) atoms. The summed E-state index contributed by atoms with van der Waals surface area (Å²) < 4.78 is 10.1. The van der Waals surface area contributed by atoms with E-state index in [1.807, 2.05) is 5.32 Å². The van der Waals surface area contributed by atoms with Crippen LogP contribution in [0.15, 0.2) is 48.5 Å². The average molecular weight is 369 g/mol.